The molecule has 0 saturated heterocycles. The van der Waals surface area contributed by atoms with Crippen LogP contribution >= 0.6 is 11.6 Å². The van der Waals surface area contributed by atoms with Gasteiger partial charge in [0.25, 0.3) is 0 Å². The molecule has 7 nitrogen and oxygen atoms in total. The summed E-state index contributed by atoms with van der Waals surface area (Å²) in [6, 6.07) is 7.02. The molecule has 0 aromatic carbocycles. The maximum absolute atomic E-state index is 13.3. The van der Waals surface area contributed by atoms with E-state index in [1.165, 1.54) is 4.90 Å². The van der Waals surface area contributed by atoms with Crippen LogP contribution in [0.2, 0.25) is 5.15 Å². The van der Waals surface area contributed by atoms with E-state index in [0.717, 1.165) is 18.3 Å². The van der Waals surface area contributed by atoms with Crippen molar-refractivity contribution in [1.29, 1.82) is 0 Å². The van der Waals surface area contributed by atoms with E-state index in [0.29, 0.717) is 28.2 Å². The molecule has 0 unspecified atom stereocenters. The van der Waals surface area contributed by atoms with Crippen LogP contribution in [0, 0.1) is 6.92 Å². The maximum Gasteiger partial charge on any atom is 0.433 e. The number of nitrogens with one attached hydrogen (secondary N) is 1. The van der Waals surface area contributed by atoms with Gasteiger partial charge in [0, 0.05) is 23.0 Å². The molecule has 1 N–H and O–H groups in total. The summed E-state index contributed by atoms with van der Waals surface area (Å²) in [4.78, 5) is 39.3. The molecule has 0 saturated carbocycles. The highest BCUT2D eigenvalue weighted by atomic mass is 35.5. The van der Waals surface area contributed by atoms with Crippen LogP contribution < -0.4 is 10.2 Å². The molecule has 0 fully saturated rings. The summed E-state index contributed by atoms with van der Waals surface area (Å²) < 4.78 is 38.1. The third kappa shape index (κ3) is 4.38. The van der Waals surface area contributed by atoms with Crippen molar-refractivity contribution in [2.24, 2.45) is 0 Å². The van der Waals surface area contributed by atoms with Gasteiger partial charge >= 0.3 is 6.18 Å². The quantitative estimate of drug-likeness (QED) is 0.559. The number of carbonyl (C=O) groups is 2. The number of aryl methyl sites for hydroxylation is 1. The standard InChI is InChI=1S/C22H17ClF3N5O2/c1-11-8-15-18(20(23)29-11)14-4-3-7-27-19(14)12(2)21(33)31(15)10-17(32)30-13-5-6-16(28-9-13)22(24,25)26/h3-9,12H,10H2,1-2H3,(H,30,32)/t12-/m0/s1. The molecule has 3 aromatic heterocycles. The summed E-state index contributed by atoms with van der Waals surface area (Å²) in [5.41, 5.74) is 1.56. The predicted octanol–water partition coefficient (Wildman–Crippen LogP) is 4.61. The molecule has 33 heavy (non-hydrogen) atoms. The van der Waals surface area contributed by atoms with Gasteiger partial charge in [-0.05, 0) is 38.1 Å². The third-order valence-electron chi connectivity index (χ3n) is 5.17. The van der Waals surface area contributed by atoms with E-state index in [9.17, 15) is 22.8 Å². The average Bonchev–Trinajstić information content (AvgIpc) is 2.83. The van der Waals surface area contributed by atoms with Gasteiger partial charge in [-0.15, -0.1) is 0 Å². The number of pyridine rings is 3. The lowest BCUT2D eigenvalue weighted by atomic mass is 9.98. The minimum Gasteiger partial charge on any atom is -0.323 e. The first-order valence-electron chi connectivity index (χ1n) is 9.83. The second-order valence-electron chi connectivity index (χ2n) is 7.51. The van der Waals surface area contributed by atoms with E-state index in [4.69, 9.17) is 11.6 Å². The largest absolute Gasteiger partial charge is 0.433 e. The van der Waals surface area contributed by atoms with Gasteiger partial charge in [0.1, 0.15) is 17.4 Å². The molecular formula is C22H17ClF3N5O2. The number of rotatable bonds is 3. The number of alkyl halides is 3. The summed E-state index contributed by atoms with van der Waals surface area (Å²) in [5.74, 6) is -1.67. The van der Waals surface area contributed by atoms with Gasteiger partial charge in [-0.2, -0.15) is 13.2 Å². The van der Waals surface area contributed by atoms with Crippen LogP contribution in [-0.4, -0.2) is 33.3 Å². The van der Waals surface area contributed by atoms with E-state index >= 15 is 0 Å². The fourth-order valence-electron chi connectivity index (χ4n) is 3.67. The lowest BCUT2D eigenvalue weighted by Gasteiger charge is -2.24. The van der Waals surface area contributed by atoms with E-state index in [1.54, 1.807) is 38.2 Å². The molecule has 0 bridgehead atoms. The average molecular weight is 476 g/mol. The van der Waals surface area contributed by atoms with Gasteiger partial charge in [-0.3, -0.25) is 14.6 Å². The Labute approximate surface area is 191 Å². The van der Waals surface area contributed by atoms with Crippen molar-refractivity contribution in [3.63, 3.8) is 0 Å². The van der Waals surface area contributed by atoms with Gasteiger partial charge in [0.05, 0.1) is 29.2 Å². The Bertz CT molecular complexity index is 1250. The molecule has 1 aliphatic rings. The first kappa shape index (κ1) is 22.7. The van der Waals surface area contributed by atoms with Crippen molar-refractivity contribution >= 4 is 34.8 Å². The topological polar surface area (TPSA) is 88.1 Å². The summed E-state index contributed by atoms with van der Waals surface area (Å²) in [6.45, 7) is 2.99. The zero-order chi connectivity index (χ0) is 23.9. The Kier molecular flexibility index (Phi) is 5.79. The molecule has 0 radical (unpaired) electrons. The number of hydrogen-bond acceptors (Lipinski definition) is 5. The normalized spacial score (nSPS) is 15.5. The fourth-order valence-corrected chi connectivity index (χ4v) is 4.00. The van der Waals surface area contributed by atoms with E-state index in [-0.39, 0.29) is 16.7 Å². The Morgan fingerprint density at radius 2 is 2.00 bits per heavy atom. The molecule has 4 heterocycles. The Balaban J connectivity index is 1.68. The molecular weight excluding hydrogens is 459 g/mol. The van der Waals surface area contributed by atoms with Crippen LogP contribution in [0.3, 0.4) is 0 Å². The Hall–Kier alpha value is -3.53. The number of fused-ring (bicyclic) bond motifs is 3. The monoisotopic (exact) mass is 475 g/mol. The summed E-state index contributed by atoms with van der Waals surface area (Å²) in [6.07, 6.45) is -2.11. The molecule has 3 aromatic rings. The van der Waals surface area contributed by atoms with Crippen molar-refractivity contribution in [3.8, 4) is 11.1 Å². The van der Waals surface area contributed by atoms with Gasteiger partial charge in [-0.25, -0.2) is 9.97 Å². The molecule has 1 atom stereocenters. The number of aromatic nitrogens is 3. The minimum absolute atomic E-state index is 0.0671. The molecule has 170 valence electrons. The minimum atomic E-state index is -4.59. The Morgan fingerprint density at radius 1 is 1.24 bits per heavy atom. The summed E-state index contributed by atoms with van der Waals surface area (Å²) >= 11 is 6.45. The van der Waals surface area contributed by atoms with Crippen molar-refractivity contribution in [1.82, 2.24) is 15.0 Å². The number of anilines is 2. The van der Waals surface area contributed by atoms with Crippen molar-refractivity contribution in [2.45, 2.75) is 25.9 Å². The lowest BCUT2D eigenvalue weighted by molar-refractivity contribution is -0.141. The summed E-state index contributed by atoms with van der Waals surface area (Å²) in [5, 5.41) is 2.64. The number of nitrogens with zero attached hydrogens (tertiary/aromatic N) is 4. The van der Waals surface area contributed by atoms with E-state index < -0.39 is 30.2 Å². The first-order chi connectivity index (χ1) is 15.6. The van der Waals surface area contributed by atoms with Gasteiger partial charge < -0.3 is 10.2 Å². The highest BCUT2D eigenvalue weighted by Crippen LogP contribution is 2.43. The first-order valence-corrected chi connectivity index (χ1v) is 10.2. The van der Waals surface area contributed by atoms with E-state index in [2.05, 4.69) is 20.3 Å². The zero-order valence-corrected chi connectivity index (χ0v) is 18.2. The van der Waals surface area contributed by atoms with Gasteiger partial charge in [-0.1, -0.05) is 17.7 Å². The van der Waals surface area contributed by atoms with Crippen molar-refractivity contribution in [2.75, 3.05) is 16.8 Å². The van der Waals surface area contributed by atoms with Crippen LogP contribution in [0.1, 0.15) is 29.9 Å². The van der Waals surface area contributed by atoms with E-state index in [1.807, 2.05) is 0 Å². The third-order valence-corrected chi connectivity index (χ3v) is 5.44. The predicted molar refractivity (Wildman–Crippen MR) is 116 cm³/mol. The number of hydrogen-bond donors (Lipinski definition) is 1. The fraction of sp³-hybridized carbons (Fsp3) is 0.227. The molecule has 4 rings (SSSR count). The molecule has 2 amide bonds. The second-order valence-corrected chi connectivity index (χ2v) is 7.87. The Morgan fingerprint density at radius 3 is 2.67 bits per heavy atom. The van der Waals surface area contributed by atoms with Crippen LogP contribution in [0.25, 0.3) is 11.1 Å². The molecule has 0 spiro atoms. The number of carbonyl (C=O) groups excluding carboxylic acids is 2. The maximum atomic E-state index is 13.3. The van der Waals surface area contributed by atoms with Crippen molar-refractivity contribution < 1.29 is 22.8 Å². The van der Waals surface area contributed by atoms with Gasteiger partial charge in [0.2, 0.25) is 11.8 Å². The smallest absolute Gasteiger partial charge is 0.323 e. The highest BCUT2D eigenvalue weighted by molar-refractivity contribution is 6.33. The second kappa shape index (κ2) is 8.43. The number of amides is 2. The molecule has 0 aliphatic carbocycles. The SMILES string of the molecule is Cc1cc2c(c(Cl)n1)-c1cccnc1[C@H](C)C(=O)N2CC(=O)Nc1ccc(C(F)(F)F)nc1. The molecule has 1 aliphatic heterocycles. The lowest BCUT2D eigenvalue weighted by Crippen LogP contribution is -2.40. The highest BCUT2D eigenvalue weighted by Gasteiger charge is 2.35. The molecule has 11 heteroatoms. The van der Waals surface area contributed by atoms with Crippen LogP contribution in [-0.2, 0) is 15.8 Å². The van der Waals surface area contributed by atoms with Gasteiger partial charge in [0.15, 0.2) is 0 Å². The van der Waals surface area contributed by atoms with Crippen LogP contribution in [0.15, 0.2) is 42.7 Å². The van der Waals surface area contributed by atoms with Crippen molar-refractivity contribution in [3.05, 3.63) is 65.0 Å². The zero-order valence-electron chi connectivity index (χ0n) is 17.4. The summed E-state index contributed by atoms with van der Waals surface area (Å²) in [7, 11) is 0. The number of halogens is 4. The van der Waals surface area contributed by atoms with Crippen LogP contribution in [0.4, 0.5) is 24.5 Å². The van der Waals surface area contributed by atoms with Crippen LogP contribution in [0.5, 0.6) is 0 Å².